The Morgan fingerprint density at radius 1 is 0.846 bits per heavy atom. The summed E-state index contributed by atoms with van der Waals surface area (Å²) < 4.78 is 0. The molecule has 0 radical (unpaired) electrons. The Labute approximate surface area is 82.6 Å². The summed E-state index contributed by atoms with van der Waals surface area (Å²) in [6, 6.07) is 0. The van der Waals surface area contributed by atoms with E-state index in [1.807, 2.05) is 0 Å². The molecule has 0 aliphatic heterocycles. The van der Waals surface area contributed by atoms with E-state index in [-0.39, 0.29) is 5.48 Å². The first kappa shape index (κ1) is 23.0. The Morgan fingerprint density at radius 3 is 1.08 bits per heavy atom. The fourth-order valence-corrected chi connectivity index (χ4v) is 0.500. The zero-order valence-corrected chi connectivity index (χ0v) is 9.51. The van der Waals surface area contributed by atoms with Crippen molar-refractivity contribution in [2.24, 2.45) is 0 Å². The molecule has 0 aliphatic carbocycles. The lowest BCUT2D eigenvalue weighted by Gasteiger charge is -1.77. The van der Waals surface area contributed by atoms with Crippen LogP contribution in [0.3, 0.4) is 0 Å². The van der Waals surface area contributed by atoms with Gasteiger partial charge in [0.15, 0.2) is 0 Å². The Bertz CT molecular complexity index is 36.6. The summed E-state index contributed by atoms with van der Waals surface area (Å²) in [6.45, 7) is 6.53. The highest BCUT2D eigenvalue weighted by molar-refractivity contribution is 4.22. The van der Waals surface area contributed by atoms with Crippen LogP contribution in [-0.4, -0.2) is 25.7 Å². The van der Waals surface area contributed by atoms with E-state index in [1.54, 1.807) is 0 Å². The van der Waals surface area contributed by atoms with E-state index in [2.05, 4.69) is 25.3 Å². The Morgan fingerprint density at radius 2 is 1.08 bits per heavy atom. The molecular formula is C9H28N2O2. The first-order valence-corrected chi connectivity index (χ1v) is 4.82. The maximum Gasteiger partial charge on any atom is 0.0739 e. The van der Waals surface area contributed by atoms with Gasteiger partial charge in [-0.2, -0.15) is 7.11 Å². The zero-order valence-electron chi connectivity index (χ0n) is 9.51. The highest BCUT2D eigenvalue weighted by Crippen LogP contribution is 1.76. The maximum absolute atomic E-state index is 8.25. The third-order valence-electron chi connectivity index (χ3n) is 1.21. The summed E-state index contributed by atoms with van der Waals surface area (Å²) in [6.07, 6.45) is 5.12. The lowest BCUT2D eigenvalue weighted by molar-refractivity contribution is -0.368. The van der Waals surface area contributed by atoms with E-state index < -0.39 is 0 Å². The van der Waals surface area contributed by atoms with Crippen LogP contribution in [0.15, 0.2) is 0 Å². The minimum absolute atomic E-state index is 0. The summed E-state index contributed by atoms with van der Waals surface area (Å²) in [7, 11) is 0.750. The number of rotatable bonds is 4. The van der Waals surface area contributed by atoms with E-state index >= 15 is 0 Å². The number of hydrogen-bond acceptors (Lipinski definition) is 2. The van der Waals surface area contributed by atoms with Crippen LogP contribution in [-0.2, 0) is 0 Å². The van der Waals surface area contributed by atoms with Crippen molar-refractivity contribution in [3.8, 4) is 0 Å². The lowest BCUT2D eigenvalue weighted by atomic mass is 10.3. The third-order valence-corrected chi connectivity index (χ3v) is 1.21. The predicted octanol–water partition coefficient (Wildman–Crippen LogP) is -1.14. The molecule has 0 rings (SSSR count). The van der Waals surface area contributed by atoms with Crippen LogP contribution in [0.4, 0.5) is 0 Å². The highest BCUT2D eigenvalue weighted by Gasteiger charge is 1.71. The van der Waals surface area contributed by atoms with Crippen molar-refractivity contribution in [1.82, 2.24) is 0 Å². The molecule has 7 N–H and O–H groups in total. The van der Waals surface area contributed by atoms with Gasteiger partial charge in [-0.25, -0.2) is 0 Å². The smallest absolute Gasteiger partial charge is 0.0739 e. The average Bonchev–Trinajstić information content (AvgIpc) is 2.12. The van der Waals surface area contributed by atoms with Gasteiger partial charge in [0, 0.05) is 0 Å². The molecule has 0 aromatic heterocycles. The Balaban J connectivity index is -0.0000000491. The van der Waals surface area contributed by atoms with E-state index in [1.165, 1.54) is 25.7 Å². The fraction of sp³-hybridized carbons (Fsp3) is 1.00. The van der Waals surface area contributed by atoms with Crippen LogP contribution in [0.5, 0.6) is 0 Å². The van der Waals surface area contributed by atoms with Gasteiger partial charge in [0.1, 0.15) is 0 Å². The van der Waals surface area contributed by atoms with Crippen molar-refractivity contribution < 1.29 is 22.1 Å². The first-order chi connectivity index (χ1) is 5.83. The van der Waals surface area contributed by atoms with Gasteiger partial charge < -0.3 is 22.1 Å². The van der Waals surface area contributed by atoms with Crippen LogP contribution in [0, 0.1) is 0 Å². The molecule has 86 valence electrons. The highest BCUT2D eigenvalue weighted by atomic mass is 16.2. The van der Waals surface area contributed by atoms with Gasteiger partial charge in [-0.3, -0.25) is 0 Å². The molecule has 0 aliphatic rings. The summed E-state index contributed by atoms with van der Waals surface area (Å²) in [5, 5.41) is 8.25. The molecule has 0 fully saturated rings. The monoisotopic (exact) mass is 196 g/mol. The summed E-state index contributed by atoms with van der Waals surface area (Å²) in [5.41, 5.74) is 7.35. The first-order valence-electron chi connectivity index (χ1n) is 4.82. The van der Waals surface area contributed by atoms with Crippen molar-refractivity contribution in [3.63, 3.8) is 0 Å². The fourth-order valence-electron chi connectivity index (χ4n) is 0.500. The zero-order chi connectivity index (χ0) is 10.2. The van der Waals surface area contributed by atoms with Crippen molar-refractivity contribution in [2.75, 3.05) is 20.2 Å². The van der Waals surface area contributed by atoms with Crippen molar-refractivity contribution in [2.45, 2.75) is 39.5 Å². The van der Waals surface area contributed by atoms with E-state index in [9.17, 15) is 0 Å². The Hall–Kier alpha value is -0.160. The third kappa shape index (κ3) is 77.7. The predicted molar refractivity (Wildman–Crippen MR) is 53.2 cm³/mol. The quantitative estimate of drug-likeness (QED) is 0.592. The number of quaternary nitrogens is 2. The molecule has 0 amide bonds. The molecule has 0 heterocycles. The molecule has 4 heteroatoms. The Kier molecular flexibility index (Phi) is 72.3. The molecule has 0 aromatic rings. The van der Waals surface area contributed by atoms with Gasteiger partial charge >= 0.3 is 0 Å². The topological polar surface area (TPSA) is 108 Å². The van der Waals surface area contributed by atoms with Crippen LogP contribution in [0.2, 0.25) is 0 Å². The van der Waals surface area contributed by atoms with Gasteiger partial charge in [-0.05, 0) is 12.8 Å². The number of hydrogen-bond donors (Lipinski definition) is 2. The summed E-state index contributed by atoms with van der Waals surface area (Å²) >= 11 is 0. The van der Waals surface area contributed by atoms with Crippen molar-refractivity contribution in [1.29, 1.82) is 0 Å². The number of unbranched alkanes of at least 4 members (excludes halogenated alkanes) is 2. The second kappa shape index (κ2) is 40.8. The van der Waals surface area contributed by atoms with Crippen LogP contribution in [0.1, 0.15) is 39.5 Å². The normalized spacial score (nSPS) is 6.92. The molecule has 0 saturated heterocycles. The van der Waals surface area contributed by atoms with Crippen LogP contribution in [0.25, 0.3) is 0 Å². The van der Waals surface area contributed by atoms with Gasteiger partial charge in [-0.1, -0.05) is 26.7 Å². The second-order valence-corrected chi connectivity index (χ2v) is 2.41. The van der Waals surface area contributed by atoms with Crippen molar-refractivity contribution in [3.05, 3.63) is 0 Å². The van der Waals surface area contributed by atoms with Gasteiger partial charge in [0.2, 0.25) is 0 Å². The molecule has 0 spiro atoms. The summed E-state index contributed by atoms with van der Waals surface area (Å²) in [5.74, 6) is 0. The van der Waals surface area contributed by atoms with E-state index in [0.717, 1.165) is 20.2 Å². The molecular weight excluding hydrogens is 168 g/mol. The van der Waals surface area contributed by atoms with Crippen LogP contribution < -0.4 is 16.6 Å². The largest absolute Gasteiger partial charge is 0.870 e. The standard InChI is InChI=1S/2C4H11N.CH3O.H2O/c2*1-2-3-4-5;1-2;/h2*2-5H2,1H3;1H3;1H2/q;;-1;/p+1. The summed E-state index contributed by atoms with van der Waals surface area (Å²) in [4.78, 5) is 0. The van der Waals surface area contributed by atoms with Crippen LogP contribution >= 0.6 is 0 Å². The van der Waals surface area contributed by atoms with Gasteiger partial charge in [0.25, 0.3) is 0 Å². The van der Waals surface area contributed by atoms with Gasteiger partial charge in [-0.15, -0.1) is 0 Å². The minimum atomic E-state index is 0. The lowest BCUT2D eigenvalue weighted by Crippen LogP contribution is -2.49. The SMILES string of the molecule is CCCC[NH3+].CCCC[NH3+].C[O-].[OH-]. The molecule has 0 atom stereocenters. The second-order valence-electron chi connectivity index (χ2n) is 2.41. The van der Waals surface area contributed by atoms with Crippen molar-refractivity contribution >= 4 is 0 Å². The molecule has 4 nitrogen and oxygen atoms in total. The van der Waals surface area contributed by atoms with E-state index in [4.69, 9.17) is 5.11 Å². The average molecular weight is 196 g/mol. The maximum atomic E-state index is 8.25. The molecule has 0 saturated carbocycles. The molecule has 0 aromatic carbocycles. The van der Waals surface area contributed by atoms with E-state index in [0.29, 0.717) is 0 Å². The minimum Gasteiger partial charge on any atom is -0.870 e. The molecule has 0 unspecified atom stereocenters. The van der Waals surface area contributed by atoms with Gasteiger partial charge in [0.05, 0.1) is 13.1 Å². The molecule has 0 bridgehead atoms. The molecule has 13 heavy (non-hydrogen) atoms.